The number of rotatable bonds is 5. The molecule has 0 fully saturated rings. The van der Waals surface area contributed by atoms with E-state index >= 15 is 0 Å². The van der Waals surface area contributed by atoms with Crippen LogP contribution in [0.1, 0.15) is 25.5 Å². The summed E-state index contributed by atoms with van der Waals surface area (Å²) in [5.41, 5.74) is 7.20. The second-order valence-corrected chi connectivity index (χ2v) is 4.83. The van der Waals surface area contributed by atoms with E-state index in [0.29, 0.717) is 24.4 Å². The fraction of sp³-hybridized carbons (Fsp3) is 0.615. The molecule has 0 aromatic carbocycles. The molecule has 0 bridgehead atoms. The van der Waals surface area contributed by atoms with Crippen LogP contribution in [-0.4, -0.2) is 30.5 Å². The van der Waals surface area contributed by atoms with Crippen molar-refractivity contribution in [2.45, 2.75) is 19.9 Å². The molecule has 3 nitrogen and oxygen atoms in total. The third-order valence-electron chi connectivity index (χ3n) is 3.14. The third-order valence-corrected chi connectivity index (χ3v) is 3.14. The summed E-state index contributed by atoms with van der Waals surface area (Å²) >= 11 is 0. The van der Waals surface area contributed by atoms with Gasteiger partial charge in [0, 0.05) is 18.4 Å². The number of aromatic nitrogens is 1. The van der Waals surface area contributed by atoms with Gasteiger partial charge in [-0.25, -0.2) is 0 Å². The molecule has 1 heterocycles. The average Bonchev–Trinajstić information content (AvgIpc) is 2.25. The predicted octanol–water partition coefficient (Wildman–Crippen LogP) is 1.92. The van der Waals surface area contributed by atoms with Gasteiger partial charge in [-0.3, -0.25) is 4.98 Å². The van der Waals surface area contributed by atoms with Gasteiger partial charge in [0.15, 0.2) is 0 Å². The van der Waals surface area contributed by atoms with Gasteiger partial charge in [-0.1, -0.05) is 13.8 Å². The Morgan fingerprint density at radius 2 is 1.81 bits per heavy atom. The molecule has 0 aliphatic heterocycles. The van der Waals surface area contributed by atoms with E-state index in [1.165, 1.54) is 5.56 Å². The van der Waals surface area contributed by atoms with Crippen LogP contribution in [0.25, 0.3) is 0 Å². The first kappa shape index (κ1) is 13.1. The Morgan fingerprint density at radius 1 is 1.25 bits per heavy atom. The maximum atomic E-state index is 5.91. The lowest BCUT2D eigenvalue weighted by Gasteiger charge is -2.34. The summed E-state index contributed by atoms with van der Waals surface area (Å²) in [5, 5.41) is 0. The Bertz CT molecular complexity index is 295. The quantitative estimate of drug-likeness (QED) is 0.826. The van der Waals surface area contributed by atoms with Crippen molar-refractivity contribution >= 4 is 0 Å². The van der Waals surface area contributed by atoms with Crippen molar-refractivity contribution in [2.75, 3.05) is 20.6 Å². The Labute approximate surface area is 98.7 Å². The molecule has 2 N–H and O–H groups in total. The molecule has 0 radical (unpaired) electrons. The molecular formula is C13H23N3. The van der Waals surface area contributed by atoms with E-state index in [1.54, 1.807) is 0 Å². The standard InChI is InChI=1S/C13H23N3/c1-10(2)12(9-14)13(16(3)4)11-5-7-15-8-6-11/h5-8,10,12-13H,9,14H2,1-4H3. The largest absolute Gasteiger partial charge is 0.330 e. The first-order chi connectivity index (χ1) is 7.57. The van der Waals surface area contributed by atoms with Gasteiger partial charge >= 0.3 is 0 Å². The smallest absolute Gasteiger partial charge is 0.0385 e. The summed E-state index contributed by atoms with van der Waals surface area (Å²) in [4.78, 5) is 6.31. The second kappa shape index (κ2) is 5.97. The lowest BCUT2D eigenvalue weighted by molar-refractivity contribution is 0.175. The second-order valence-electron chi connectivity index (χ2n) is 4.83. The van der Waals surface area contributed by atoms with Gasteiger partial charge in [-0.15, -0.1) is 0 Å². The van der Waals surface area contributed by atoms with Gasteiger partial charge < -0.3 is 10.6 Å². The lowest BCUT2D eigenvalue weighted by atomic mass is 9.84. The molecule has 0 saturated carbocycles. The summed E-state index contributed by atoms with van der Waals surface area (Å²) in [5.74, 6) is 1.04. The van der Waals surface area contributed by atoms with Gasteiger partial charge in [0.05, 0.1) is 0 Å². The van der Waals surface area contributed by atoms with Crippen LogP contribution in [0, 0.1) is 11.8 Å². The molecule has 2 atom stereocenters. The lowest BCUT2D eigenvalue weighted by Crippen LogP contribution is -2.35. The molecule has 90 valence electrons. The summed E-state index contributed by atoms with van der Waals surface area (Å²) in [7, 11) is 4.21. The minimum Gasteiger partial charge on any atom is -0.330 e. The summed E-state index contributed by atoms with van der Waals surface area (Å²) < 4.78 is 0. The monoisotopic (exact) mass is 221 g/mol. The zero-order chi connectivity index (χ0) is 12.1. The van der Waals surface area contributed by atoms with Crippen LogP contribution >= 0.6 is 0 Å². The van der Waals surface area contributed by atoms with Crippen LogP contribution in [-0.2, 0) is 0 Å². The van der Waals surface area contributed by atoms with Crippen molar-refractivity contribution in [3.8, 4) is 0 Å². The van der Waals surface area contributed by atoms with Gasteiger partial charge in [0.1, 0.15) is 0 Å². The zero-order valence-electron chi connectivity index (χ0n) is 10.7. The molecule has 0 aliphatic carbocycles. The summed E-state index contributed by atoms with van der Waals surface area (Å²) in [6, 6.07) is 4.53. The van der Waals surface area contributed by atoms with Gasteiger partial charge in [0.2, 0.25) is 0 Å². The number of pyridine rings is 1. The normalized spacial score (nSPS) is 15.4. The number of nitrogens with zero attached hydrogens (tertiary/aromatic N) is 2. The van der Waals surface area contributed by atoms with Crippen molar-refractivity contribution < 1.29 is 0 Å². The Kier molecular flexibility index (Phi) is 4.90. The molecule has 1 rings (SSSR count). The van der Waals surface area contributed by atoms with E-state index < -0.39 is 0 Å². The van der Waals surface area contributed by atoms with Crippen LogP contribution in [0.3, 0.4) is 0 Å². The zero-order valence-corrected chi connectivity index (χ0v) is 10.7. The van der Waals surface area contributed by atoms with Crippen molar-refractivity contribution in [1.29, 1.82) is 0 Å². The molecule has 3 heteroatoms. The highest BCUT2D eigenvalue weighted by atomic mass is 15.1. The van der Waals surface area contributed by atoms with Crippen LogP contribution in [0.2, 0.25) is 0 Å². The van der Waals surface area contributed by atoms with E-state index in [4.69, 9.17) is 5.73 Å². The predicted molar refractivity (Wildman–Crippen MR) is 68.0 cm³/mol. The topological polar surface area (TPSA) is 42.1 Å². The van der Waals surface area contributed by atoms with Crippen LogP contribution in [0.15, 0.2) is 24.5 Å². The highest BCUT2D eigenvalue weighted by molar-refractivity contribution is 5.16. The number of nitrogens with two attached hydrogens (primary N) is 1. The Hall–Kier alpha value is -0.930. The molecule has 2 unspecified atom stereocenters. The van der Waals surface area contributed by atoms with Crippen molar-refractivity contribution in [2.24, 2.45) is 17.6 Å². The molecule has 1 aromatic rings. The van der Waals surface area contributed by atoms with E-state index in [1.807, 2.05) is 12.4 Å². The fourth-order valence-electron chi connectivity index (χ4n) is 2.25. The summed E-state index contributed by atoms with van der Waals surface area (Å²) in [6.45, 7) is 5.17. The molecular weight excluding hydrogens is 198 g/mol. The first-order valence-electron chi connectivity index (χ1n) is 5.84. The van der Waals surface area contributed by atoms with Gasteiger partial charge in [-0.05, 0) is 50.2 Å². The maximum absolute atomic E-state index is 5.91. The summed E-state index contributed by atoms with van der Waals surface area (Å²) in [6.07, 6.45) is 3.69. The number of hydrogen-bond donors (Lipinski definition) is 1. The van der Waals surface area contributed by atoms with Gasteiger partial charge in [-0.2, -0.15) is 0 Å². The van der Waals surface area contributed by atoms with Crippen LogP contribution < -0.4 is 5.73 Å². The third kappa shape index (κ3) is 3.03. The molecule has 0 aliphatic rings. The van der Waals surface area contributed by atoms with E-state index in [-0.39, 0.29) is 0 Å². The van der Waals surface area contributed by atoms with Crippen LogP contribution in [0.4, 0.5) is 0 Å². The fourth-order valence-corrected chi connectivity index (χ4v) is 2.25. The Balaban J connectivity index is 2.99. The maximum Gasteiger partial charge on any atom is 0.0385 e. The minimum atomic E-state index is 0.369. The highest BCUT2D eigenvalue weighted by Gasteiger charge is 2.26. The first-order valence-corrected chi connectivity index (χ1v) is 5.84. The molecule has 1 aromatic heterocycles. The van der Waals surface area contributed by atoms with E-state index in [2.05, 4.69) is 50.0 Å². The molecule has 0 spiro atoms. The van der Waals surface area contributed by atoms with Crippen molar-refractivity contribution in [1.82, 2.24) is 9.88 Å². The highest BCUT2D eigenvalue weighted by Crippen LogP contribution is 2.30. The van der Waals surface area contributed by atoms with Crippen molar-refractivity contribution in [3.63, 3.8) is 0 Å². The minimum absolute atomic E-state index is 0.369. The van der Waals surface area contributed by atoms with E-state index in [9.17, 15) is 0 Å². The average molecular weight is 221 g/mol. The molecule has 0 saturated heterocycles. The molecule has 16 heavy (non-hydrogen) atoms. The number of hydrogen-bond acceptors (Lipinski definition) is 3. The SMILES string of the molecule is CC(C)C(CN)C(c1ccncc1)N(C)C. The van der Waals surface area contributed by atoms with E-state index in [0.717, 1.165) is 0 Å². The van der Waals surface area contributed by atoms with Crippen molar-refractivity contribution in [3.05, 3.63) is 30.1 Å². The van der Waals surface area contributed by atoms with Gasteiger partial charge in [0.25, 0.3) is 0 Å². The molecule has 0 amide bonds. The Morgan fingerprint density at radius 3 is 2.19 bits per heavy atom. The van der Waals surface area contributed by atoms with Crippen LogP contribution in [0.5, 0.6) is 0 Å².